The largest absolute Gasteiger partial charge is 0.310 e. The van der Waals surface area contributed by atoms with Crippen molar-refractivity contribution in [2.75, 3.05) is 6.54 Å². The zero-order chi connectivity index (χ0) is 12.1. The molecule has 1 N–H and O–H groups in total. The van der Waals surface area contributed by atoms with E-state index in [2.05, 4.69) is 34.6 Å². The molecular weight excluding hydrogens is 232 g/mol. The molecule has 4 nitrogen and oxygen atoms in total. The molecule has 0 spiro atoms. The fourth-order valence-corrected chi connectivity index (χ4v) is 2.34. The van der Waals surface area contributed by atoms with Gasteiger partial charge in [-0.3, -0.25) is 4.68 Å². The van der Waals surface area contributed by atoms with Gasteiger partial charge >= 0.3 is 0 Å². The first-order chi connectivity index (χ1) is 8.33. The van der Waals surface area contributed by atoms with Crippen LogP contribution in [0.25, 0.3) is 11.3 Å². The fraction of sp³-hybridized carbons (Fsp3) is 0.500. The highest BCUT2D eigenvalue weighted by atomic mass is 32.1. The molecule has 17 heavy (non-hydrogen) atoms. The van der Waals surface area contributed by atoms with E-state index in [4.69, 9.17) is 0 Å². The summed E-state index contributed by atoms with van der Waals surface area (Å²) in [7, 11) is 0. The molecule has 0 aliphatic heterocycles. The average Bonchev–Trinajstić information content (AvgIpc) is 2.97. The number of thiazole rings is 1. The van der Waals surface area contributed by atoms with Gasteiger partial charge in [0.15, 0.2) is 0 Å². The van der Waals surface area contributed by atoms with Crippen molar-refractivity contribution < 1.29 is 0 Å². The van der Waals surface area contributed by atoms with Gasteiger partial charge in [0, 0.05) is 30.2 Å². The summed E-state index contributed by atoms with van der Waals surface area (Å²) in [5, 5.41) is 10.9. The van der Waals surface area contributed by atoms with Crippen molar-refractivity contribution in [2.45, 2.75) is 33.4 Å². The third-order valence-electron chi connectivity index (χ3n) is 2.51. The van der Waals surface area contributed by atoms with Crippen LogP contribution in [0.1, 0.15) is 25.3 Å². The predicted octanol–water partition coefficient (Wildman–Crippen LogP) is 2.53. The maximum Gasteiger partial charge on any atom is 0.107 e. The molecule has 0 saturated carbocycles. The lowest BCUT2D eigenvalue weighted by Gasteiger charge is -1.97. The van der Waals surface area contributed by atoms with Crippen molar-refractivity contribution in [1.29, 1.82) is 0 Å². The Kier molecular flexibility index (Phi) is 4.28. The van der Waals surface area contributed by atoms with E-state index in [0.29, 0.717) is 0 Å². The summed E-state index contributed by atoms with van der Waals surface area (Å²) in [6, 6.07) is 0. The summed E-state index contributed by atoms with van der Waals surface area (Å²) < 4.78 is 1.92. The first-order valence-corrected chi connectivity index (χ1v) is 6.89. The van der Waals surface area contributed by atoms with Crippen molar-refractivity contribution >= 4 is 11.3 Å². The summed E-state index contributed by atoms with van der Waals surface area (Å²) in [6.45, 7) is 7.05. The molecular formula is C12H18N4S. The van der Waals surface area contributed by atoms with Crippen LogP contribution in [0, 0.1) is 0 Å². The van der Waals surface area contributed by atoms with E-state index in [0.717, 1.165) is 42.3 Å². The Morgan fingerprint density at radius 1 is 1.41 bits per heavy atom. The Balaban J connectivity index is 2.02. The molecule has 0 unspecified atom stereocenters. The zero-order valence-electron chi connectivity index (χ0n) is 10.3. The third kappa shape index (κ3) is 3.14. The lowest BCUT2D eigenvalue weighted by atomic mass is 10.3. The molecule has 0 aliphatic rings. The summed E-state index contributed by atoms with van der Waals surface area (Å²) in [6.07, 6.45) is 5.07. The minimum absolute atomic E-state index is 0.862. The smallest absolute Gasteiger partial charge is 0.107 e. The van der Waals surface area contributed by atoms with Gasteiger partial charge in [-0.2, -0.15) is 5.10 Å². The second-order valence-electron chi connectivity index (χ2n) is 3.89. The van der Waals surface area contributed by atoms with Crippen LogP contribution in [0.3, 0.4) is 0 Å². The van der Waals surface area contributed by atoms with Crippen molar-refractivity contribution in [3.63, 3.8) is 0 Å². The van der Waals surface area contributed by atoms with Gasteiger partial charge in [-0.15, -0.1) is 11.3 Å². The van der Waals surface area contributed by atoms with E-state index in [-0.39, 0.29) is 0 Å². The van der Waals surface area contributed by atoms with Gasteiger partial charge in [-0.1, -0.05) is 6.92 Å². The van der Waals surface area contributed by atoms with Gasteiger partial charge in [0.2, 0.25) is 0 Å². The van der Waals surface area contributed by atoms with Crippen LogP contribution in [-0.2, 0) is 13.1 Å². The number of aromatic nitrogens is 3. The van der Waals surface area contributed by atoms with Gasteiger partial charge in [0.25, 0.3) is 0 Å². The minimum atomic E-state index is 0.862. The molecule has 0 atom stereocenters. The van der Waals surface area contributed by atoms with Crippen molar-refractivity contribution in [3.8, 4) is 11.3 Å². The zero-order valence-corrected chi connectivity index (χ0v) is 11.1. The van der Waals surface area contributed by atoms with E-state index < -0.39 is 0 Å². The highest BCUT2D eigenvalue weighted by molar-refractivity contribution is 7.09. The Morgan fingerprint density at radius 2 is 2.29 bits per heavy atom. The monoisotopic (exact) mass is 250 g/mol. The van der Waals surface area contributed by atoms with Crippen LogP contribution in [0.15, 0.2) is 17.8 Å². The lowest BCUT2D eigenvalue weighted by Crippen LogP contribution is -2.13. The molecule has 0 aromatic carbocycles. The quantitative estimate of drug-likeness (QED) is 0.801. The van der Waals surface area contributed by atoms with Crippen LogP contribution in [0.4, 0.5) is 0 Å². The molecule has 0 saturated heterocycles. The predicted molar refractivity (Wildman–Crippen MR) is 71.0 cm³/mol. The summed E-state index contributed by atoms with van der Waals surface area (Å²) in [5.74, 6) is 0. The number of hydrogen-bond acceptors (Lipinski definition) is 4. The second kappa shape index (κ2) is 5.93. The number of aryl methyl sites for hydroxylation is 1. The molecule has 92 valence electrons. The number of nitrogens with one attached hydrogen (secondary N) is 1. The Morgan fingerprint density at radius 3 is 3.00 bits per heavy atom. The molecule has 2 aromatic rings. The minimum Gasteiger partial charge on any atom is -0.310 e. The van der Waals surface area contributed by atoms with E-state index in [9.17, 15) is 0 Å². The van der Waals surface area contributed by atoms with E-state index >= 15 is 0 Å². The topological polar surface area (TPSA) is 42.7 Å². The van der Waals surface area contributed by atoms with E-state index in [1.54, 1.807) is 11.3 Å². The van der Waals surface area contributed by atoms with Crippen LogP contribution in [-0.4, -0.2) is 21.3 Å². The molecule has 2 rings (SSSR count). The third-order valence-corrected chi connectivity index (χ3v) is 3.36. The Labute approximate surface area is 106 Å². The molecule has 2 aromatic heterocycles. The molecule has 2 heterocycles. The fourth-order valence-electron chi connectivity index (χ4n) is 1.57. The van der Waals surface area contributed by atoms with Gasteiger partial charge < -0.3 is 5.32 Å². The molecule has 0 bridgehead atoms. The van der Waals surface area contributed by atoms with Crippen molar-refractivity contribution in [3.05, 3.63) is 22.8 Å². The lowest BCUT2D eigenvalue weighted by molar-refractivity contribution is 0.660. The van der Waals surface area contributed by atoms with Crippen LogP contribution in [0.5, 0.6) is 0 Å². The number of nitrogens with zero attached hydrogens (tertiary/aromatic N) is 3. The molecule has 0 fully saturated rings. The van der Waals surface area contributed by atoms with Gasteiger partial charge in [0.1, 0.15) is 5.01 Å². The summed E-state index contributed by atoms with van der Waals surface area (Å²) >= 11 is 1.70. The maximum atomic E-state index is 4.60. The summed E-state index contributed by atoms with van der Waals surface area (Å²) in [4.78, 5) is 4.60. The number of hydrogen-bond donors (Lipinski definition) is 1. The standard InChI is InChI=1S/C12H18N4S/c1-3-5-13-7-12-15-11(9-17-12)10-6-14-16(4-2)8-10/h6,8-9,13H,3-5,7H2,1-2H3. The van der Waals surface area contributed by atoms with Crippen LogP contribution < -0.4 is 5.32 Å². The summed E-state index contributed by atoms with van der Waals surface area (Å²) in [5.41, 5.74) is 2.13. The normalized spacial score (nSPS) is 10.9. The first-order valence-electron chi connectivity index (χ1n) is 6.01. The highest BCUT2D eigenvalue weighted by Gasteiger charge is 2.06. The van der Waals surface area contributed by atoms with Crippen LogP contribution >= 0.6 is 11.3 Å². The van der Waals surface area contributed by atoms with Crippen molar-refractivity contribution in [2.24, 2.45) is 0 Å². The molecule has 0 radical (unpaired) electrons. The highest BCUT2D eigenvalue weighted by Crippen LogP contribution is 2.21. The average molecular weight is 250 g/mol. The first kappa shape index (κ1) is 12.3. The maximum absolute atomic E-state index is 4.60. The second-order valence-corrected chi connectivity index (χ2v) is 4.83. The molecule has 0 amide bonds. The SMILES string of the molecule is CCCNCc1nc(-c2cnn(CC)c2)cs1. The van der Waals surface area contributed by atoms with Gasteiger partial charge in [0.05, 0.1) is 11.9 Å². The van der Waals surface area contributed by atoms with E-state index in [1.165, 1.54) is 0 Å². The molecule has 5 heteroatoms. The Bertz CT molecular complexity index is 461. The molecule has 0 aliphatic carbocycles. The van der Waals surface area contributed by atoms with Crippen molar-refractivity contribution in [1.82, 2.24) is 20.1 Å². The van der Waals surface area contributed by atoms with E-state index in [1.807, 2.05) is 17.1 Å². The van der Waals surface area contributed by atoms with Gasteiger partial charge in [-0.05, 0) is 19.9 Å². The van der Waals surface area contributed by atoms with Gasteiger partial charge in [-0.25, -0.2) is 4.98 Å². The number of rotatable bonds is 6. The Hall–Kier alpha value is -1.20. The van der Waals surface area contributed by atoms with Crippen LogP contribution in [0.2, 0.25) is 0 Å².